The standard InChI is InChI=1S/C40H48NO/c1-24-30-19-25(21-38(2,3)4)15-16-28(30)31(23-40(8,9)10)37-33(24)36-35-29(17-18-41(36)11)34-26(20-32(35)42-37)13-12-14-27(34)22-39(5,6)7/h12-20H,21-23H2,1-11H3/q+1/i18D. The van der Waals surface area contributed by atoms with Gasteiger partial charge in [-0.25, -0.2) is 4.57 Å². The van der Waals surface area contributed by atoms with Crippen LogP contribution in [-0.4, -0.2) is 0 Å². The van der Waals surface area contributed by atoms with Crippen molar-refractivity contribution in [2.75, 3.05) is 0 Å². The Morgan fingerprint density at radius 3 is 2.10 bits per heavy atom. The van der Waals surface area contributed by atoms with E-state index < -0.39 is 0 Å². The molecule has 1 aromatic heterocycles. The molecule has 6 rings (SSSR count). The van der Waals surface area contributed by atoms with Gasteiger partial charge in [0.15, 0.2) is 6.17 Å². The lowest BCUT2D eigenvalue weighted by Crippen LogP contribution is -2.32. The predicted molar refractivity (Wildman–Crippen MR) is 180 cm³/mol. The Balaban J connectivity index is 1.76. The topological polar surface area (TPSA) is 13.1 Å². The van der Waals surface area contributed by atoms with Gasteiger partial charge in [-0.3, -0.25) is 0 Å². The molecule has 218 valence electrons. The Morgan fingerprint density at radius 2 is 1.43 bits per heavy atom. The van der Waals surface area contributed by atoms with Gasteiger partial charge in [-0.2, -0.15) is 0 Å². The van der Waals surface area contributed by atoms with Crippen LogP contribution < -0.4 is 9.30 Å². The number of hydrogen-bond acceptors (Lipinski definition) is 1. The van der Waals surface area contributed by atoms with Crippen LogP contribution in [0.4, 0.5) is 0 Å². The molecule has 42 heavy (non-hydrogen) atoms. The average Bonchev–Trinajstić information content (AvgIpc) is 2.86. The fraction of sp³-hybridized carbons (Fsp3) is 0.425. The van der Waals surface area contributed by atoms with E-state index in [1.54, 1.807) is 0 Å². The molecule has 0 N–H and O–H groups in total. The minimum absolute atomic E-state index is 0.0731. The fourth-order valence-corrected chi connectivity index (χ4v) is 7.09. The first kappa shape index (κ1) is 27.4. The van der Waals surface area contributed by atoms with E-state index in [9.17, 15) is 1.37 Å². The van der Waals surface area contributed by atoms with Crippen molar-refractivity contribution in [2.24, 2.45) is 23.3 Å². The summed E-state index contributed by atoms with van der Waals surface area (Å²) in [5.74, 6) is 1.86. The van der Waals surface area contributed by atoms with E-state index in [1.165, 1.54) is 43.8 Å². The summed E-state index contributed by atoms with van der Waals surface area (Å²) in [4.78, 5) is 0. The SMILES string of the molecule is [2H]c1cc2c3c(cc4cccc(CC(C)(C)C)c42)Oc2c(c(C)c4cc(CC(C)(C)C)ccc4c2CC(C)(C)C)-c3[n+]1C. The van der Waals surface area contributed by atoms with Crippen molar-refractivity contribution in [1.29, 1.82) is 0 Å². The molecule has 0 unspecified atom stereocenters. The number of pyridine rings is 1. The Bertz CT molecular complexity index is 1940. The number of benzene rings is 4. The molecule has 0 atom stereocenters. The quantitative estimate of drug-likeness (QED) is 0.155. The highest BCUT2D eigenvalue weighted by Gasteiger charge is 2.35. The molecule has 0 spiro atoms. The minimum Gasteiger partial charge on any atom is -0.455 e. The zero-order valence-electron chi connectivity index (χ0n) is 28.6. The molecule has 0 saturated carbocycles. The van der Waals surface area contributed by atoms with Gasteiger partial charge in [0.25, 0.3) is 0 Å². The van der Waals surface area contributed by atoms with Gasteiger partial charge in [0.2, 0.25) is 5.69 Å². The average molecular weight is 560 g/mol. The second-order valence-corrected chi connectivity index (χ2v) is 16.4. The Morgan fingerprint density at radius 1 is 0.738 bits per heavy atom. The molecule has 0 saturated heterocycles. The smallest absolute Gasteiger partial charge is 0.228 e. The van der Waals surface area contributed by atoms with Gasteiger partial charge in [0, 0.05) is 17.0 Å². The van der Waals surface area contributed by atoms with Crippen LogP contribution in [0.2, 0.25) is 0 Å². The third-order valence-electron chi connectivity index (χ3n) is 8.53. The fourth-order valence-electron chi connectivity index (χ4n) is 7.09. The first-order valence-electron chi connectivity index (χ1n) is 16.1. The van der Waals surface area contributed by atoms with Crippen molar-refractivity contribution >= 4 is 32.3 Å². The van der Waals surface area contributed by atoms with Crippen LogP contribution in [0.15, 0.2) is 54.7 Å². The van der Waals surface area contributed by atoms with Crippen molar-refractivity contribution in [1.82, 2.24) is 0 Å². The van der Waals surface area contributed by atoms with Gasteiger partial charge in [-0.05, 0) is 86.7 Å². The first-order valence-corrected chi connectivity index (χ1v) is 15.6. The minimum atomic E-state index is 0.0731. The molecule has 0 radical (unpaired) electrons. The summed E-state index contributed by atoms with van der Waals surface area (Å²) in [6.45, 7) is 23.0. The van der Waals surface area contributed by atoms with Gasteiger partial charge < -0.3 is 4.74 Å². The van der Waals surface area contributed by atoms with Crippen LogP contribution >= 0.6 is 0 Å². The molecule has 4 aromatic carbocycles. The first-order chi connectivity index (χ1) is 19.9. The Labute approximate surface area is 254 Å². The van der Waals surface area contributed by atoms with Gasteiger partial charge in [0.1, 0.15) is 19.9 Å². The number of aryl methyl sites for hydroxylation is 1. The maximum absolute atomic E-state index is 9.19. The molecular weight excluding hydrogens is 510 g/mol. The molecule has 0 fully saturated rings. The summed E-state index contributed by atoms with van der Waals surface area (Å²) in [7, 11) is 2.05. The largest absolute Gasteiger partial charge is 0.455 e. The molecule has 2 heterocycles. The summed E-state index contributed by atoms with van der Waals surface area (Å²) in [5.41, 5.74) is 7.85. The summed E-state index contributed by atoms with van der Waals surface area (Å²) in [5, 5.41) is 7.24. The van der Waals surface area contributed by atoms with Gasteiger partial charge in [-0.15, -0.1) is 0 Å². The van der Waals surface area contributed by atoms with Crippen molar-refractivity contribution in [3.63, 3.8) is 0 Å². The van der Waals surface area contributed by atoms with Gasteiger partial charge >= 0.3 is 0 Å². The van der Waals surface area contributed by atoms with E-state index in [2.05, 4.69) is 122 Å². The third-order valence-corrected chi connectivity index (χ3v) is 8.53. The monoisotopic (exact) mass is 559 g/mol. The van der Waals surface area contributed by atoms with E-state index in [4.69, 9.17) is 4.74 Å². The highest BCUT2D eigenvalue weighted by atomic mass is 16.5. The number of nitrogens with zero attached hydrogens (tertiary/aromatic N) is 1. The predicted octanol–water partition coefficient (Wildman–Crippen LogP) is 10.8. The van der Waals surface area contributed by atoms with Gasteiger partial charge in [-0.1, -0.05) is 98.7 Å². The van der Waals surface area contributed by atoms with E-state index in [1.807, 2.05) is 7.05 Å². The van der Waals surface area contributed by atoms with E-state index in [0.717, 1.165) is 52.8 Å². The molecule has 2 heteroatoms. The number of rotatable bonds is 3. The lowest BCUT2D eigenvalue weighted by atomic mass is 9.80. The Kier molecular flexibility index (Phi) is 6.25. The second kappa shape index (κ2) is 9.56. The lowest BCUT2D eigenvalue weighted by molar-refractivity contribution is -0.659. The van der Waals surface area contributed by atoms with Crippen molar-refractivity contribution in [3.8, 4) is 22.8 Å². The summed E-state index contributed by atoms with van der Waals surface area (Å²) in [6.07, 6.45) is 3.40. The van der Waals surface area contributed by atoms with Crippen LogP contribution in [0.5, 0.6) is 11.5 Å². The van der Waals surface area contributed by atoms with Crippen LogP contribution in [0.3, 0.4) is 0 Å². The molecule has 5 aromatic rings. The van der Waals surface area contributed by atoms with Crippen molar-refractivity contribution in [2.45, 2.75) is 88.5 Å². The highest BCUT2D eigenvalue weighted by Crippen LogP contribution is 2.53. The van der Waals surface area contributed by atoms with Crippen LogP contribution in [0.1, 0.15) is 85.9 Å². The van der Waals surface area contributed by atoms with Gasteiger partial charge in [0.05, 0.1) is 10.9 Å². The summed E-state index contributed by atoms with van der Waals surface area (Å²) >= 11 is 0. The van der Waals surface area contributed by atoms with E-state index >= 15 is 0 Å². The third kappa shape index (κ3) is 5.08. The number of fused-ring (bicyclic) bond motifs is 5. The second-order valence-electron chi connectivity index (χ2n) is 16.4. The number of aromatic nitrogens is 1. The molecule has 0 bridgehead atoms. The van der Waals surface area contributed by atoms with Crippen LogP contribution in [0.25, 0.3) is 43.6 Å². The summed E-state index contributed by atoms with van der Waals surface area (Å²) in [6, 6.07) is 18.0. The maximum atomic E-state index is 9.19. The maximum Gasteiger partial charge on any atom is 0.228 e. The zero-order valence-corrected chi connectivity index (χ0v) is 27.6. The van der Waals surface area contributed by atoms with Crippen LogP contribution in [0, 0.1) is 23.2 Å². The molecule has 0 amide bonds. The van der Waals surface area contributed by atoms with E-state index in [-0.39, 0.29) is 16.2 Å². The molecule has 1 aliphatic heterocycles. The van der Waals surface area contributed by atoms with Crippen molar-refractivity contribution in [3.05, 3.63) is 77.0 Å². The molecule has 2 nitrogen and oxygen atoms in total. The lowest BCUT2D eigenvalue weighted by Gasteiger charge is -2.29. The molecule has 1 aliphatic rings. The number of ether oxygens (including phenoxy) is 1. The van der Waals surface area contributed by atoms with E-state index in [0.29, 0.717) is 6.17 Å². The highest BCUT2D eigenvalue weighted by molar-refractivity contribution is 6.17. The Hall–Kier alpha value is -3.39. The number of hydrogen-bond donors (Lipinski definition) is 0. The molecule has 0 aliphatic carbocycles. The van der Waals surface area contributed by atoms with Crippen molar-refractivity contribution < 1.29 is 10.7 Å². The normalized spacial score (nSPS) is 13.9. The zero-order chi connectivity index (χ0) is 31.2. The molecular formula is C40H48NO+. The van der Waals surface area contributed by atoms with Crippen LogP contribution in [-0.2, 0) is 26.3 Å². The summed E-state index contributed by atoms with van der Waals surface area (Å²) < 4.78 is 18.4.